The molecule has 2 aromatic heterocycles. The molecule has 0 spiro atoms. The van der Waals surface area contributed by atoms with Gasteiger partial charge in [-0.05, 0) is 46.5 Å². The van der Waals surface area contributed by atoms with Crippen LogP contribution in [-0.2, 0) is 0 Å². The zero-order valence-corrected chi connectivity index (χ0v) is 22.2. The number of nitriles is 1. The second kappa shape index (κ2) is 8.95. The normalized spacial score (nSPS) is 11.5. The van der Waals surface area contributed by atoms with Gasteiger partial charge in [0.05, 0.1) is 11.6 Å². The first-order valence-corrected chi connectivity index (χ1v) is 14.1. The number of thiophene rings is 1. The number of rotatable bonds is 3. The van der Waals surface area contributed by atoms with Crippen LogP contribution < -0.4 is 0 Å². The van der Waals surface area contributed by atoms with E-state index in [4.69, 9.17) is 4.42 Å². The molecule has 0 saturated heterocycles. The Kier molecular flexibility index (Phi) is 5.10. The quantitative estimate of drug-likeness (QED) is 0.229. The van der Waals surface area contributed by atoms with Gasteiger partial charge in [0.15, 0.2) is 0 Å². The van der Waals surface area contributed by atoms with Crippen molar-refractivity contribution in [1.82, 2.24) is 0 Å². The summed E-state index contributed by atoms with van der Waals surface area (Å²) in [5.41, 5.74) is 8.94. The van der Waals surface area contributed by atoms with Crippen LogP contribution in [0.3, 0.4) is 0 Å². The SMILES string of the molecule is N#Cc1cccc(-c2c(-c3cccc4c3oc3ccccc34)cccc2-c2cccc3c2sc2ccccc23)c1. The van der Waals surface area contributed by atoms with Gasteiger partial charge in [0.2, 0.25) is 0 Å². The van der Waals surface area contributed by atoms with Crippen molar-refractivity contribution in [3.63, 3.8) is 0 Å². The van der Waals surface area contributed by atoms with Gasteiger partial charge in [-0.2, -0.15) is 5.26 Å². The van der Waals surface area contributed by atoms with Gasteiger partial charge >= 0.3 is 0 Å². The minimum Gasteiger partial charge on any atom is -0.455 e. The maximum Gasteiger partial charge on any atom is 0.143 e. The van der Waals surface area contributed by atoms with E-state index in [1.54, 1.807) is 0 Å². The summed E-state index contributed by atoms with van der Waals surface area (Å²) in [5.74, 6) is 0. The average molecular weight is 528 g/mol. The summed E-state index contributed by atoms with van der Waals surface area (Å²) in [5, 5.41) is 14.5. The molecule has 0 fully saturated rings. The highest BCUT2D eigenvalue weighted by molar-refractivity contribution is 7.26. The zero-order chi connectivity index (χ0) is 26.6. The Morgan fingerprint density at radius 1 is 0.550 bits per heavy atom. The Morgan fingerprint density at radius 3 is 2.08 bits per heavy atom. The molecular formula is C37H21NOS. The number of benzene rings is 6. The summed E-state index contributed by atoms with van der Waals surface area (Å²) in [4.78, 5) is 0. The fourth-order valence-corrected chi connectivity index (χ4v) is 7.21. The van der Waals surface area contributed by atoms with Gasteiger partial charge in [-0.1, -0.05) is 103 Å². The van der Waals surface area contributed by atoms with E-state index in [0.717, 1.165) is 49.8 Å². The third kappa shape index (κ3) is 3.41. The molecule has 0 saturated carbocycles. The van der Waals surface area contributed by atoms with Crippen LogP contribution in [0.15, 0.2) is 132 Å². The average Bonchev–Trinajstić information content (AvgIpc) is 3.59. The topological polar surface area (TPSA) is 36.9 Å². The summed E-state index contributed by atoms with van der Waals surface area (Å²) in [6.07, 6.45) is 0. The molecule has 2 heterocycles. The first kappa shape index (κ1) is 22.8. The largest absolute Gasteiger partial charge is 0.455 e. The zero-order valence-electron chi connectivity index (χ0n) is 21.4. The Labute approximate surface area is 235 Å². The van der Waals surface area contributed by atoms with Crippen LogP contribution in [0.25, 0.3) is 75.5 Å². The van der Waals surface area contributed by atoms with Gasteiger partial charge in [0.25, 0.3) is 0 Å². The van der Waals surface area contributed by atoms with E-state index in [1.165, 1.54) is 25.7 Å². The van der Waals surface area contributed by atoms with Gasteiger partial charge in [0.1, 0.15) is 11.2 Å². The Morgan fingerprint density at radius 2 is 1.20 bits per heavy atom. The highest BCUT2D eigenvalue weighted by Crippen LogP contribution is 2.47. The molecule has 6 aromatic carbocycles. The van der Waals surface area contributed by atoms with E-state index in [9.17, 15) is 5.26 Å². The van der Waals surface area contributed by atoms with Gasteiger partial charge < -0.3 is 4.42 Å². The van der Waals surface area contributed by atoms with Crippen LogP contribution in [0.2, 0.25) is 0 Å². The van der Waals surface area contributed by atoms with Crippen LogP contribution >= 0.6 is 11.3 Å². The van der Waals surface area contributed by atoms with Gasteiger partial charge in [-0.15, -0.1) is 11.3 Å². The van der Waals surface area contributed by atoms with Crippen molar-refractivity contribution >= 4 is 53.4 Å². The molecule has 0 bridgehead atoms. The second-order valence-electron chi connectivity index (χ2n) is 9.98. The van der Waals surface area contributed by atoms with E-state index < -0.39 is 0 Å². The van der Waals surface area contributed by atoms with Crippen molar-refractivity contribution in [3.05, 3.63) is 133 Å². The van der Waals surface area contributed by atoms with E-state index in [1.807, 2.05) is 41.7 Å². The number of hydrogen-bond acceptors (Lipinski definition) is 3. The fraction of sp³-hybridized carbons (Fsp3) is 0. The summed E-state index contributed by atoms with van der Waals surface area (Å²) in [6, 6.07) is 46.5. The van der Waals surface area contributed by atoms with Crippen molar-refractivity contribution in [3.8, 4) is 39.4 Å². The summed E-state index contributed by atoms with van der Waals surface area (Å²) >= 11 is 1.83. The molecule has 186 valence electrons. The molecule has 8 rings (SSSR count). The molecule has 0 unspecified atom stereocenters. The summed E-state index contributed by atoms with van der Waals surface area (Å²) in [6.45, 7) is 0. The van der Waals surface area contributed by atoms with E-state index in [2.05, 4.69) is 103 Å². The van der Waals surface area contributed by atoms with Crippen LogP contribution in [0.5, 0.6) is 0 Å². The Hall–Kier alpha value is -5.17. The smallest absolute Gasteiger partial charge is 0.143 e. The number of furan rings is 1. The Bertz CT molecular complexity index is 2160. The number of nitrogens with zero attached hydrogens (tertiary/aromatic N) is 1. The number of hydrogen-bond donors (Lipinski definition) is 0. The first-order chi connectivity index (χ1) is 19.8. The highest BCUT2D eigenvalue weighted by Gasteiger charge is 2.20. The third-order valence-electron chi connectivity index (χ3n) is 7.73. The highest BCUT2D eigenvalue weighted by atomic mass is 32.1. The lowest BCUT2D eigenvalue weighted by Gasteiger charge is -2.17. The molecular weight excluding hydrogens is 506 g/mol. The van der Waals surface area contributed by atoms with E-state index in [-0.39, 0.29) is 0 Å². The van der Waals surface area contributed by atoms with Crippen LogP contribution in [0.1, 0.15) is 5.56 Å². The lowest BCUT2D eigenvalue weighted by atomic mass is 9.86. The lowest BCUT2D eigenvalue weighted by molar-refractivity contribution is 0.670. The molecule has 0 atom stereocenters. The van der Waals surface area contributed by atoms with Crippen molar-refractivity contribution in [2.24, 2.45) is 0 Å². The second-order valence-corrected chi connectivity index (χ2v) is 11.0. The van der Waals surface area contributed by atoms with Crippen LogP contribution in [0, 0.1) is 11.3 Å². The third-order valence-corrected chi connectivity index (χ3v) is 8.95. The van der Waals surface area contributed by atoms with Crippen LogP contribution in [0.4, 0.5) is 0 Å². The maximum atomic E-state index is 9.76. The molecule has 0 N–H and O–H groups in total. The minimum atomic E-state index is 0.639. The fourth-order valence-electron chi connectivity index (χ4n) is 5.98. The maximum absolute atomic E-state index is 9.76. The minimum absolute atomic E-state index is 0.639. The molecule has 2 nitrogen and oxygen atoms in total. The first-order valence-electron chi connectivity index (χ1n) is 13.2. The standard InChI is InChI=1S/C37H21NOS/c38-22-23-9-5-10-24(21-23)35-27(30-16-7-15-29-25-11-1-3-19-33(25)39-36(29)30)13-6-14-28(35)32-18-8-17-31-26-12-2-4-20-34(26)40-37(31)32/h1-21H. The molecule has 40 heavy (non-hydrogen) atoms. The van der Waals surface area contributed by atoms with Crippen molar-refractivity contribution in [2.75, 3.05) is 0 Å². The number of para-hydroxylation sites is 2. The molecule has 0 aliphatic carbocycles. The molecule has 0 amide bonds. The van der Waals surface area contributed by atoms with Crippen molar-refractivity contribution < 1.29 is 4.42 Å². The van der Waals surface area contributed by atoms with Crippen molar-refractivity contribution in [2.45, 2.75) is 0 Å². The van der Waals surface area contributed by atoms with E-state index in [0.29, 0.717) is 5.56 Å². The predicted molar refractivity (Wildman–Crippen MR) is 168 cm³/mol. The molecule has 8 aromatic rings. The van der Waals surface area contributed by atoms with Gasteiger partial charge in [-0.25, -0.2) is 0 Å². The van der Waals surface area contributed by atoms with Gasteiger partial charge in [-0.3, -0.25) is 0 Å². The van der Waals surface area contributed by atoms with E-state index >= 15 is 0 Å². The molecule has 0 aliphatic rings. The lowest BCUT2D eigenvalue weighted by Crippen LogP contribution is -1.92. The summed E-state index contributed by atoms with van der Waals surface area (Å²) < 4.78 is 9.02. The van der Waals surface area contributed by atoms with Gasteiger partial charge in [0, 0.05) is 42.1 Å². The predicted octanol–water partition coefficient (Wildman–Crippen LogP) is 10.8. The summed E-state index contributed by atoms with van der Waals surface area (Å²) in [7, 11) is 0. The molecule has 0 aliphatic heterocycles. The van der Waals surface area contributed by atoms with Crippen molar-refractivity contribution in [1.29, 1.82) is 5.26 Å². The number of fused-ring (bicyclic) bond motifs is 6. The van der Waals surface area contributed by atoms with Crippen LogP contribution in [-0.4, -0.2) is 0 Å². The molecule has 0 radical (unpaired) electrons. The monoisotopic (exact) mass is 527 g/mol. The molecule has 3 heteroatoms. The Balaban J connectivity index is 1.49.